The second-order valence-corrected chi connectivity index (χ2v) is 22.3. The lowest BCUT2D eigenvalue weighted by molar-refractivity contribution is 1.15. The van der Waals surface area contributed by atoms with Gasteiger partial charge in [-0.3, -0.25) is 0 Å². The Labute approximate surface area is 441 Å². The molecule has 0 saturated carbocycles. The first-order valence-electron chi connectivity index (χ1n) is 24.9. The number of benzene rings is 11. The minimum absolute atomic E-state index is 0.420. The van der Waals surface area contributed by atoms with Gasteiger partial charge in [-0.1, -0.05) is 194 Å². The molecule has 0 unspecified atom stereocenters. The number of hydrogen-bond acceptors (Lipinski definition) is 4. The zero-order valence-electron chi connectivity index (χ0n) is 39.8. The van der Waals surface area contributed by atoms with E-state index in [1.165, 1.54) is 51.5 Å². The van der Waals surface area contributed by atoms with E-state index >= 15 is 0 Å². The van der Waals surface area contributed by atoms with Crippen molar-refractivity contribution in [3.63, 3.8) is 0 Å². The van der Waals surface area contributed by atoms with Crippen molar-refractivity contribution < 1.29 is 0 Å². The topological polar surface area (TPSA) is 38.0 Å². The van der Waals surface area contributed by atoms with Crippen LogP contribution in [0, 0.1) is 17.9 Å². The predicted octanol–water partition coefficient (Wildman–Crippen LogP) is 20.4. The van der Waals surface area contributed by atoms with Crippen LogP contribution in [-0.4, -0.2) is 9.13 Å². The van der Waals surface area contributed by atoms with Crippen LogP contribution in [0.3, 0.4) is 0 Å². The lowest BCUT2D eigenvalue weighted by Crippen LogP contribution is -2.08. The maximum absolute atomic E-state index is 12.4. The summed E-state index contributed by atoms with van der Waals surface area (Å²) in [7, 11) is 0. The van der Waals surface area contributed by atoms with Gasteiger partial charge in [-0.15, -0.1) is 34.0 Å². The molecule has 16 aromatic rings. The minimum atomic E-state index is 0.420. The van der Waals surface area contributed by atoms with Gasteiger partial charge in [-0.25, -0.2) is 4.85 Å². The van der Waals surface area contributed by atoms with E-state index in [2.05, 4.69) is 221 Å². The molecule has 0 aliphatic rings. The Hall–Kier alpha value is -9.34. The van der Waals surface area contributed by atoms with E-state index in [-0.39, 0.29) is 0 Å². The maximum atomic E-state index is 12.4. The molecule has 7 heteroatoms. The molecule has 0 aliphatic heterocycles. The average molecular weight is 1010 g/mol. The summed E-state index contributed by atoms with van der Waals surface area (Å²) in [6.45, 7) is 9.65. The van der Waals surface area contributed by atoms with Gasteiger partial charge >= 0.3 is 0 Å². The van der Waals surface area contributed by atoms with Crippen LogP contribution in [0.25, 0.3) is 154 Å². The second kappa shape index (κ2) is 16.1. The van der Waals surface area contributed by atoms with Gasteiger partial charge in [0.1, 0.15) is 6.07 Å². The summed E-state index contributed by atoms with van der Waals surface area (Å²) in [5.41, 5.74) is 12.0. The Morgan fingerprint density at radius 3 is 1.48 bits per heavy atom. The number of aromatic nitrogens is 2. The van der Waals surface area contributed by atoms with Crippen LogP contribution in [0.2, 0.25) is 0 Å². The molecule has 4 nitrogen and oxygen atoms in total. The fourth-order valence-electron chi connectivity index (χ4n) is 12.3. The largest absolute Gasteiger partial charge is 0.315 e. The molecule has 75 heavy (non-hydrogen) atoms. The molecule has 16 rings (SSSR count). The zero-order chi connectivity index (χ0) is 49.5. The third kappa shape index (κ3) is 5.83. The molecule has 5 aromatic heterocycles. The van der Waals surface area contributed by atoms with Crippen LogP contribution < -0.4 is 0 Å². The van der Waals surface area contributed by atoms with Gasteiger partial charge in [0, 0.05) is 83.8 Å². The molecule has 0 bridgehead atoms. The van der Waals surface area contributed by atoms with Crippen LogP contribution in [0.1, 0.15) is 5.56 Å². The minimum Gasteiger partial charge on any atom is -0.315 e. The fourth-order valence-corrected chi connectivity index (χ4v) is 16.2. The van der Waals surface area contributed by atoms with Crippen LogP contribution in [0.5, 0.6) is 0 Å². The highest BCUT2D eigenvalue weighted by atomic mass is 32.1. The highest BCUT2D eigenvalue weighted by molar-refractivity contribution is 7.28. The normalized spacial score (nSPS) is 12.0. The summed E-state index contributed by atoms with van der Waals surface area (Å²) in [5, 5.41) is 23.9. The predicted molar refractivity (Wildman–Crippen MR) is 321 cm³/mol. The van der Waals surface area contributed by atoms with Crippen LogP contribution in [0.15, 0.2) is 218 Å². The van der Waals surface area contributed by atoms with Crippen molar-refractivity contribution in [1.82, 2.24) is 9.13 Å². The second-order valence-electron chi connectivity index (χ2n) is 19.2. The van der Waals surface area contributed by atoms with Crippen molar-refractivity contribution in [2.45, 2.75) is 0 Å². The first-order chi connectivity index (χ1) is 37.2. The molecular weight excluding hydrogens is 969 g/mol. The van der Waals surface area contributed by atoms with Gasteiger partial charge in [0.05, 0.1) is 55.0 Å². The highest BCUT2D eigenvalue weighted by Gasteiger charge is 2.33. The summed E-state index contributed by atoms with van der Waals surface area (Å²) in [6.07, 6.45) is 0. The molecule has 0 spiro atoms. The van der Waals surface area contributed by atoms with Gasteiger partial charge in [-0.05, 0) is 46.5 Å². The van der Waals surface area contributed by atoms with Crippen LogP contribution in [0.4, 0.5) is 5.69 Å². The molecule has 0 radical (unpaired) electrons. The molecule has 11 aromatic carbocycles. The smallest absolute Gasteiger partial charge is 0.221 e. The van der Waals surface area contributed by atoms with Gasteiger partial charge in [0.25, 0.3) is 0 Å². The number of nitriles is 1. The molecule has 346 valence electrons. The first kappa shape index (κ1) is 42.2. The molecular formula is C68H36N4S3. The molecule has 0 N–H and O–H groups in total. The Morgan fingerprint density at radius 1 is 0.373 bits per heavy atom. The number of thiophene rings is 3. The SMILES string of the molecule is [C-]#[N+]c1c(-c2ccccc2)c(-n2c3ccccc3c3c4sc5c(-c6ccccc6)cccc5c4ccc32)c(-c2ccccc2)c(C#N)c1-n1c2c(ccc3c4ccccc4sc32)c2ccc3c4ccccc4sc3c21. The first-order valence-corrected chi connectivity index (χ1v) is 27.4. The van der Waals surface area contributed by atoms with Crippen molar-refractivity contribution >= 4 is 144 Å². The third-order valence-corrected chi connectivity index (χ3v) is 19.0. The lowest BCUT2D eigenvalue weighted by Gasteiger charge is -2.25. The van der Waals surface area contributed by atoms with Gasteiger partial charge < -0.3 is 9.13 Å². The van der Waals surface area contributed by atoms with Gasteiger partial charge in [0.2, 0.25) is 5.69 Å². The van der Waals surface area contributed by atoms with Crippen molar-refractivity contribution in [3.05, 3.63) is 235 Å². The Kier molecular flexibility index (Phi) is 9.05. The third-order valence-electron chi connectivity index (χ3n) is 15.4. The average Bonchev–Trinajstić information content (AvgIpc) is 4.44. The number of nitrogens with zero attached hydrogens (tertiary/aromatic N) is 4. The van der Waals surface area contributed by atoms with Crippen LogP contribution >= 0.6 is 34.0 Å². The van der Waals surface area contributed by atoms with Crippen molar-refractivity contribution in [3.8, 4) is 50.8 Å². The van der Waals surface area contributed by atoms with E-state index in [1.807, 2.05) is 23.5 Å². The van der Waals surface area contributed by atoms with Gasteiger partial charge in [-0.2, -0.15) is 5.26 Å². The fraction of sp³-hybridized carbons (Fsp3) is 0. The van der Waals surface area contributed by atoms with Crippen LogP contribution in [-0.2, 0) is 0 Å². The number of rotatable bonds is 5. The number of hydrogen-bond donors (Lipinski definition) is 0. The Balaban J connectivity index is 1.13. The van der Waals surface area contributed by atoms with Crippen molar-refractivity contribution in [2.75, 3.05) is 0 Å². The van der Waals surface area contributed by atoms with E-state index < -0.39 is 0 Å². The highest BCUT2D eigenvalue weighted by Crippen LogP contribution is 2.55. The lowest BCUT2D eigenvalue weighted by atomic mass is 9.88. The Morgan fingerprint density at radius 2 is 0.867 bits per heavy atom. The summed E-state index contributed by atoms with van der Waals surface area (Å²) in [4.78, 5) is 4.73. The molecule has 0 atom stereocenters. The monoisotopic (exact) mass is 1000 g/mol. The van der Waals surface area contributed by atoms with E-state index in [9.17, 15) is 11.8 Å². The summed E-state index contributed by atoms with van der Waals surface area (Å²) >= 11 is 5.40. The Bertz CT molecular complexity index is 4990. The van der Waals surface area contributed by atoms with E-state index in [0.717, 1.165) is 91.7 Å². The summed E-state index contributed by atoms with van der Waals surface area (Å²) in [5.74, 6) is 0. The van der Waals surface area contributed by atoms with E-state index in [4.69, 9.17) is 4.85 Å². The zero-order valence-corrected chi connectivity index (χ0v) is 42.2. The van der Waals surface area contributed by atoms with Gasteiger partial charge in [0.15, 0.2) is 0 Å². The maximum Gasteiger partial charge on any atom is 0.221 e. The quantitative estimate of drug-likeness (QED) is 0.158. The van der Waals surface area contributed by atoms with Crippen molar-refractivity contribution in [2.24, 2.45) is 0 Å². The van der Waals surface area contributed by atoms with E-state index in [1.54, 1.807) is 22.7 Å². The number of fused-ring (bicyclic) bond motifs is 18. The molecule has 0 fully saturated rings. The molecule has 0 amide bonds. The molecule has 0 aliphatic carbocycles. The van der Waals surface area contributed by atoms with Crippen molar-refractivity contribution in [1.29, 1.82) is 5.26 Å². The standard InChI is InChI=1S/C68H36N4S3/c1-70-60-58(41-22-9-4-10-23-41)64(71-53-29-14-11-26-51(53)59-54(71)37-36-50-47-28-17-27-42(65(47)75-66(50)59)39-18-5-2-6-19-39)57(40-20-7-3-8-21-40)52(38-69)61(60)72-62-45(32-34-48-43-24-12-15-30-55(43)73-67(48)62)46-33-35-49-44-25-13-16-31-56(44)74-68(49)63(46)72/h2-37H. The van der Waals surface area contributed by atoms with E-state index in [0.29, 0.717) is 16.9 Å². The number of para-hydroxylation sites is 1. The summed E-state index contributed by atoms with van der Waals surface area (Å²) in [6, 6.07) is 80.6. The summed E-state index contributed by atoms with van der Waals surface area (Å²) < 4.78 is 11.8. The molecule has 5 heterocycles. The molecule has 0 saturated heterocycles.